The summed E-state index contributed by atoms with van der Waals surface area (Å²) in [5.74, 6) is 0. The number of aryl methyl sites for hydroxylation is 2. The van der Waals surface area contributed by atoms with Crippen LogP contribution in [0.1, 0.15) is 16.8 Å². The van der Waals surface area contributed by atoms with Gasteiger partial charge in [0.1, 0.15) is 0 Å². The van der Waals surface area contributed by atoms with Crippen LogP contribution in [0.2, 0.25) is 0 Å². The zero-order valence-corrected chi connectivity index (χ0v) is 13.3. The first-order valence-electron chi connectivity index (χ1n) is 6.05. The highest BCUT2D eigenvalue weighted by molar-refractivity contribution is 7.91. The van der Waals surface area contributed by atoms with Crippen LogP contribution in [0.15, 0.2) is 28.5 Å². The number of hydrogen-bond acceptors (Lipinski definition) is 5. The fraction of sp³-hybridized carbons (Fsp3) is 0.308. The minimum Gasteiger partial charge on any atom is -0.375 e. The van der Waals surface area contributed by atoms with Gasteiger partial charge in [-0.3, -0.25) is 0 Å². The Morgan fingerprint density at radius 1 is 1.25 bits per heavy atom. The molecule has 0 amide bonds. The minimum atomic E-state index is -3.55. The van der Waals surface area contributed by atoms with E-state index in [0.717, 1.165) is 22.5 Å². The molecule has 0 spiro atoms. The number of thiazole rings is 1. The molecule has 1 aromatic heterocycles. The third kappa shape index (κ3) is 3.00. The Kier molecular flexibility index (Phi) is 4.12. The van der Waals surface area contributed by atoms with Crippen molar-refractivity contribution < 1.29 is 8.42 Å². The van der Waals surface area contributed by atoms with Gasteiger partial charge in [-0.1, -0.05) is 41.2 Å². The van der Waals surface area contributed by atoms with Crippen molar-refractivity contribution in [2.45, 2.75) is 24.6 Å². The fourth-order valence-electron chi connectivity index (χ4n) is 1.82. The van der Waals surface area contributed by atoms with Gasteiger partial charge in [0.2, 0.25) is 0 Å². The highest BCUT2D eigenvalue weighted by atomic mass is 32.2. The zero-order valence-electron chi connectivity index (χ0n) is 11.6. The van der Waals surface area contributed by atoms with E-state index in [1.54, 1.807) is 14.0 Å². The molecule has 0 aliphatic rings. The second kappa shape index (κ2) is 5.51. The number of aromatic nitrogens is 1. The number of hydrogen-bond donors (Lipinski definition) is 1. The van der Waals surface area contributed by atoms with Crippen molar-refractivity contribution in [1.82, 2.24) is 9.29 Å². The van der Waals surface area contributed by atoms with Crippen molar-refractivity contribution in [2.75, 3.05) is 12.8 Å². The molecule has 0 saturated carbocycles. The third-order valence-corrected chi connectivity index (χ3v) is 6.32. The summed E-state index contributed by atoms with van der Waals surface area (Å²) in [7, 11) is -1.99. The predicted molar refractivity (Wildman–Crippen MR) is 81.1 cm³/mol. The van der Waals surface area contributed by atoms with Crippen molar-refractivity contribution in [2.24, 2.45) is 0 Å². The fourth-order valence-corrected chi connectivity index (χ4v) is 4.47. The molecular weight excluding hydrogens is 294 g/mol. The van der Waals surface area contributed by atoms with Gasteiger partial charge in [-0.2, -0.15) is 4.31 Å². The van der Waals surface area contributed by atoms with E-state index in [1.165, 1.54) is 4.31 Å². The summed E-state index contributed by atoms with van der Waals surface area (Å²) in [4.78, 5) is 3.97. The lowest BCUT2D eigenvalue weighted by Crippen LogP contribution is -2.26. The van der Waals surface area contributed by atoms with Gasteiger partial charge in [0.25, 0.3) is 10.0 Å². The Bertz CT molecular complexity index is 706. The summed E-state index contributed by atoms with van der Waals surface area (Å²) in [5, 5.41) is 0.268. The number of rotatable bonds is 4. The lowest BCUT2D eigenvalue weighted by molar-refractivity contribution is 0.468. The van der Waals surface area contributed by atoms with Crippen LogP contribution in [-0.4, -0.2) is 24.8 Å². The van der Waals surface area contributed by atoms with Crippen LogP contribution in [0.3, 0.4) is 0 Å². The Hall–Kier alpha value is -1.44. The Labute approximate surface area is 123 Å². The summed E-state index contributed by atoms with van der Waals surface area (Å²) >= 11 is 1.000. The van der Waals surface area contributed by atoms with Crippen LogP contribution in [0.25, 0.3) is 0 Å². The van der Waals surface area contributed by atoms with E-state index in [4.69, 9.17) is 5.73 Å². The summed E-state index contributed by atoms with van der Waals surface area (Å²) in [6.07, 6.45) is 0. The third-order valence-electron chi connectivity index (χ3n) is 2.94. The lowest BCUT2D eigenvalue weighted by atomic mass is 10.1. The first kappa shape index (κ1) is 15.0. The molecule has 0 atom stereocenters. The van der Waals surface area contributed by atoms with Crippen molar-refractivity contribution in [3.63, 3.8) is 0 Å². The first-order chi connectivity index (χ1) is 9.30. The van der Waals surface area contributed by atoms with Gasteiger partial charge in [-0.05, 0) is 19.4 Å². The molecule has 1 aromatic carbocycles. The maximum Gasteiger partial charge on any atom is 0.254 e. The van der Waals surface area contributed by atoms with Gasteiger partial charge in [-0.15, -0.1) is 0 Å². The van der Waals surface area contributed by atoms with Crippen LogP contribution in [0.5, 0.6) is 0 Å². The average Bonchev–Trinajstić information content (AvgIpc) is 2.72. The molecule has 5 nitrogen and oxygen atoms in total. The monoisotopic (exact) mass is 311 g/mol. The summed E-state index contributed by atoms with van der Waals surface area (Å²) in [5.41, 5.74) is 8.10. The second-order valence-corrected chi connectivity index (χ2v) is 7.94. The molecule has 0 bridgehead atoms. The minimum absolute atomic E-state index is 0.213. The Balaban J connectivity index is 2.25. The number of sulfonamides is 1. The molecule has 0 radical (unpaired) electrons. The van der Waals surface area contributed by atoms with Crippen molar-refractivity contribution in [1.29, 1.82) is 0 Å². The molecule has 20 heavy (non-hydrogen) atoms. The summed E-state index contributed by atoms with van der Waals surface area (Å²) in [6.45, 7) is 3.97. The SMILES string of the molecule is Cc1ccc(CN(C)S(=O)(=O)c2sc(N)nc2C)cc1. The van der Waals surface area contributed by atoms with E-state index in [2.05, 4.69) is 4.98 Å². The van der Waals surface area contributed by atoms with Gasteiger partial charge >= 0.3 is 0 Å². The van der Waals surface area contributed by atoms with Gasteiger partial charge < -0.3 is 5.73 Å². The van der Waals surface area contributed by atoms with Crippen LogP contribution in [0.4, 0.5) is 5.13 Å². The predicted octanol–water partition coefficient (Wildman–Crippen LogP) is 2.16. The molecule has 1 heterocycles. The first-order valence-corrected chi connectivity index (χ1v) is 8.31. The van der Waals surface area contributed by atoms with Crippen LogP contribution < -0.4 is 5.73 Å². The number of benzene rings is 1. The quantitative estimate of drug-likeness (QED) is 0.939. The number of nitrogen functional groups attached to an aromatic ring is 1. The molecule has 0 unspecified atom stereocenters. The maximum absolute atomic E-state index is 12.5. The van der Waals surface area contributed by atoms with E-state index >= 15 is 0 Å². The highest BCUT2D eigenvalue weighted by Gasteiger charge is 2.26. The lowest BCUT2D eigenvalue weighted by Gasteiger charge is -2.16. The number of nitrogens with two attached hydrogens (primary N) is 1. The van der Waals surface area contributed by atoms with Crippen molar-refractivity contribution in [3.05, 3.63) is 41.1 Å². The van der Waals surface area contributed by atoms with Crippen LogP contribution in [-0.2, 0) is 16.6 Å². The number of nitrogens with zero attached hydrogens (tertiary/aromatic N) is 2. The van der Waals surface area contributed by atoms with Crippen LogP contribution >= 0.6 is 11.3 Å². The zero-order chi connectivity index (χ0) is 14.9. The molecular formula is C13H17N3O2S2. The van der Waals surface area contributed by atoms with Crippen molar-refractivity contribution in [3.8, 4) is 0 Å². The normalized spacial score (nSPS) is 12.0. The highest BCUT2D eigenvalue weighted by Crippen LogP contribution is 2.28. The summed E-state index contributed by atoms with van der Waals surface area (Å²) < 4.78 is 26.5. The molecule has 2 N–H and O–H groups in total. The molecule has 0 fully saturated rings. The van der Waals surface area contributed by atoms with Gasteiger partial charge in [0, 0.05) is 13.6 Å². The Morgan fingerprint density at radius 3 is 2.35 bits per heavy atom. The van der Waals surface area contributed by atoms with Gasteiger partial charge in [0.05, 0.1) is 5.69 Å². The second-order valence-electron chi connectivity index (χ2n) is 4.67. The van der Waals surface area contributed by atoms with Gasteiger partial charge in [0.15, 0.2) is 9.34 Å². The topological polar surface area (TPSA) is 76.3 Å². The van der Waals surface area contributed by atoms with E-state index in [0.29, 0.717) is 12.2 Å². The van der Waals surface area contributed by atoms with E-state index in [9.17, 15) is 8.42 Å². The molecule has 2 rings (SSSR count). The van der Waals surface area contributed by atoms with Gasteiger partial charge in [-0.25, -0.2) is 13.4 Å². The van der Waals surface area contributed by atoms with E-state index in [1.807, 2.05) is 31.2 Å². The largest absolute Gasteiger partial charge is 0.375 e. The molecule has 0 aliphatic heterocycles. The number of anilines is 1. The molecule has 0 saturated heterocycles. The standard InChI is InChI=1S/C13H17N3O2S2/c1-9-4-6-11(7-5-9)8-16(3)20(17,18)12-10(2)15-13(14)19-12/h4-7H,8H2,1-3H3,(H2,14,15). The van der Waals surface area contributed by atoms with E-state index < -0.39 is 10.0 Å². The van der Waals surface area contributed by atoms with Crippen molar-refractivity contribution >= 4 is 26.5 Å². The molecule has 2 aromatic rings. The van der Waals surface area contributed by atoms with Crippen LogP contribution in [0, 0.1) is 13.8 Å². The maximum atomic E-state index is 12.5. The average molecular weight is 311 g/mol. The molecule has 108 valence electrons. The molecule has 0 aliphatic carbocycles. The molecule has 7 heteroatoms. The Morgan fingerprint density at radius 2 is 1.85 bits per heavy atom. The smallest absolute Gasteiger partial charge is 0.254 e. The summed E-state index contributed by atoms with van der Waals surface area (Å²) in [6, 6.07) is 7.78. The van der Waals surface area contributed by atoms with E-state index in [-0.39, 0.29) is 9.34 Å².